The van der Waals surface area contributed by atoms with Gasteiger partial charge in [-0.25, -0.2) is 19.4 Å². The van der Waals surface area contributed by atoms with Gasteiger partial charge in [0.2, 0.25) is 0 Å². The predicted molar refractivity (Wildman–Crippen MR) is 138 cm³/mol. The molecule has 2 aliphatic rings. The molecule has 0 radical (unpaired) electrons. The molecular weight excluding hydrogens is 483 g/mol. The highest BCUT2D eigenvalue weighted by Gasteiger charge is 2.50. The van der Waals surface area contributed by atoms with Gasteiger partial charge in [-0.2, -0.15) is 0 Å². The van der Waals surface area contributed by atoms with Crippen molar-refractivity contribution in [1.82, 2.24) is 19.8 Å². The van der Waals surface area contributed by atoms with Crippen molar-refractivity contribution in [2.24, 2.45) is 10.7 Å². The fourth-order valence-electron chi connectivity index (χ4n) is 5.11. The summed E-state index contributed by atoms with van der Waals surface area (Å²) in [6.07, 6.45) is 3.12. The van der Waals surface area contributed by atoms with Crippen LogP contribution >= 0.6 is 0 Å². The van der Waals surface area contributed by atoms with Gasteiger partial charge in [0.1, 0.15) is 12.1 Å². The highest BCUT2D eigenvalue weighted by atomic mass is 19.1. The molecule has 1 aromatic heterocycles. The summed E-state index contributed by atoms with van der Waals surface area (Å²) < 4.78 is 14.7. The standard InChI is InChI=1S/C29H23FN6O2/c30-24-12-19(11-20(13-24)26(37)35-16-21-14-32-18-33-25(21)17-35)15-36-27(38)29(34-28(36)31,22-7-3-1-4-8-22)23-9-5-2-6-10-23/h1-14,18H,15-17H2,(H2,31,34). The Morgan fingerprint density at radius 1 is 0.974 bits per heavy atom. The van der Waals surface area contributed by atoms with E-state index in [1.807, 2.05) is 60.7 Å². The summed E-state index contributed by atoms with van der Waals surface area (Å²) in [6.45, 7) is 0.629. The Morgan fingerprint density at radius 2 is 1.66 bits per heavy atom. The maximum absolute atomic E-state index is 14.7. The van der Waals surface area contributed by atoms with Crippen LogP contribution in [0, 0.1) is 5.82 Å². The lowest BCUT2D eigenvalue weighted by Crippen LogP contribution is -2.43. The number of hydrogen-bond acceptors (Lipinski definition) is 6. The zero-order chi connectivity index (χ0) is 26.3. The third-order valence-electron chi connectivity index (χ3n) is 6.91. The Balaban J connectivity index is 1.31. The molecule has 9 heteroatoms. The van der Waals surface area contributed by atoms with Crippen molar-refractivity contribution in [2.45, 2.75) is 25.2 Å². The zero-order valence-electron chi connectivity index (χ0n) is 20.3. The van der Waals surface area contributed by atoms with E-state index in [9.17, 15) is 14.0 Å². The van der Waals surface area contributed by atoms with Gasteiger partial charge in [0.05, 0.1) is 18.8 Å². The highest BCUT2D eigenvalue weighted by Crippen LogP contribution is 2.40. The minimum atomic E-state index is -1.36. The number of guanidine groups is 1. The molecule has 0 saturated heterocycles. The average Bonchev–Trinajstić information content (AvgIpc) is 3.49. The fourth-order valence-corrected chi connectivity index (χ4v) is 5.11. The van der Waals surface area contributed by atoms with E-state index in [2.05, 4.69) is 15.0 Å². The van der Waals surface area contributed by atoms with Crippen LogP contribution in [-0.4, -0.2) is 37.5 Å². The minimum Gasteiger partial charge on any atom is -0.369 e. The summed E-state index contributed by atoms with van der Waals surface area (Å²) in [7, 11) is 0. The summed E-state index contributed by atoms with van der Waals surface area (Å²) in [5.41, 5.74) is 8.56. The molecule has 0 bridgehead atoms. The maximum atomic E-state index is 14.7. The molecule has 4 aromatic rings. The Kier molecular flexibility index (Phi) is 5.68. The predicted octanol–water partition coefficient (Wildman–Crippen LogP) is 3.37. The molecule has 188 valence electrons. The number of halogens is 1. The second-order valence-corrected chi connectivity index (χ2v) is 9.31. The number of benzene rings is 3. The summed E-state index contributed by atoms with van der Waals surface area (Å²) >= 11 is 0. The molecule has 6 rings (SSSR count). The molecule has 0 spiro atoms. The number of carbonyl (C=O) groups excluding carboxylic acids is 2. The third-order valence-corrected chi connectivity index (χ3v) is 6.91. The summed E-state index contributed by atoms with van der Waals surface area (Å²) in [5, 5.41) is 0. The topological polar surface area (TPSA) is 105 Å². The second-order valence-electron chi connectivity index (χ2n) is 9.31. The van der Waals surface area contributed by atoms with Crippen LogP contribution in [0.1, 0.15) is 38.3 Å². The number of fused-ring (bicyclic) bond motifs is 1. The van der Waals surface area contributed by atoms with Crippen LogP contribution in [0.25, 0.3) is 0 Å². The number of nitrogens with zero attached hydrogens (tertiary/aromatic N) is 5. The van der Waals surface area contributed by atoms with E-state index in [-0.39, 0.29) is 29.9 Å². The van der Waals surface area contributed by atoms with Crippen LogP contribution in [0.2, 0.25) is 0 Å². The summed E-state index contributed by atoms with van der Waals surface area (Å²) in [5.74, 6) is -1.24. The van der Waals surface area contributed by atoms with Gasteiger partial charge in [-0.3, -0.25) is 14.5 Å². The van der Waals surface area contributed by atoms with Crippen molar-refractivity contribution in [3.05, 3.63) is 131 Å². The van der Waals surface area contributed by atoms with E-state index in [0.29, 0.717) is 29.8 Å². The van der Waals surface area contributed by atoms with Gasteiger partial charge in [0, 0.05) is 23.9 Å². The van der Waals surface area contributed by atoms with Crippen LogP contribution < -0.4 is 5.73 Å². The van der Waals surface area contributed by atoms with Crippen molar-refractivity contribution in [3.63, 3.8) is 0 Å². The van der Waals surface area contributed by atoms with E-state index in [1.165, 1.54) is 23.4 Å². The van der Waals surface area contributed by atoms with Gasteiger partial charge in [-0.15, -0.1) is 0 Å². The van der Waals surface area contributed by atoms with Crippen LogP contribution in [0.3, 0.4) is 0 Å². The zero-order valence-corrected chi connectivity index (χ0v) is 20.3. The van der Waals surface area contributed by atoms with E-state index in [0.717, 1.165) is 11.3 Å². The molecule has 2 aliphatic heterocycles. The number of rotatable bonds is 5. The van der Waals surface area contributed by atoms with E-state index in [1.54, 1.807) is 17.2 Å². The lowest BCUT2D eigenvalue weighted by molar-refractivity contribution is -0.130. The smallest absolute Gasteiger partial charge is 0.266 e. The van der Waals surface area contributed by atoms with Gasteiger partial charge in [-0.1, -0.05) is 60.7 Å². The molecular formula is C29H23FN6O2. The Labute approximate surface area is 218 Å². The molecule has 8 nitrogen and oxygen atoms in total. The SMILES string of the molecule is NC1=NC(c2ccccc2)(c2ccccc2)C(=O)N1Cc1cc(F)cc(C(=O)N2Cc3cncnc3C2)c1. The molecule has 0 unspecified atom stereocenters. The normalized spacial score (nSPS) is 15.9. The number of aliphatic imine (C=N–C) groups is 1. The molecule has 38 heavy (non-hydrogen) atoms. The van der Waals surface area contributed by atoms with Crippen LogP contribution in [0.5, 0.6) is 0 Å². The first kappa shape index (κ1) is 23.5. The fraction of sp³-hybridized carbons (Fsp3) is 0.138. The van der Waals surface area contributed by atoms with E-state index < -0.39 is 11.4 Å². The Morgan fingerprint density at radius 3 is 2.32 bits per heavy atom. The molecule has 0 aliphatic carbocycles. The molecule has 0 saturated carbocycles. The molecule has 2 N–H and O–H groups in total. The first-order valence-corrected chi connectivity index (χ1v) is 12.1. The molecule has 0 atom stereocenters. The Bertz CT molecular complexity index is 1510. The van der Waals surface area contributed by atoms with Crippen molar-refractivity contribution in [3.8, 4) is 0 Å². The van der Waals surface area contributed by atoms with Gasteiger partial charge in [0.15, 0.2) is 11.5 Å². The van der Waals surface area contributed by atoms with Crippen LogP contribution in [-0.2, 0) is 30.0 Å². The van der Waals surface area contributed by atoms with Crippen LogP contribution in [0.4, 0.5) is 4.39 Å². The van der Waals surface area contributed by atoms with E-state index >= 15 is 0 Å². The Hall–Kier alpha value is -4.92. The van der Waals surface area contributed by atoms with Crippen molar-refractivity contribution < 1.29 is 14.0 Å². The quantitative estimate of drug-likeness (QED) is 0.447. The number of aromatic nitrogens is 2. The lowest BCUT2D eigenvalue weighted by atomic mass is 9.83. The van der Waals surface area contributed by atoms with Gasteiger partial charge in [0.25, 0.3) is 11.8 Å². The first-order valence-electron chi connectivity index (χ1n) is 12.1. The maximum Gasteiger partial charge on any atom is 0.266 e. The third kappa shape index (κ3) is 3.88. The average molecular weight is 507 g/mol. The largest absolute Gasteiger partial charge is 0.369 e. The monoisotopic (exact) mass is 506 g/mol. The first-order chi connectivity index (χ1) is 18.5. The number of amides is 2. The lowest BCUT2D eigenvalue weighted by Gasteiger charge is -2.27. The number of nitrogens with two attached hydrogens (primary N) is 1. The molecule has 2 amide bonds. The second kappa shape index (κ2) is 9.19. The number of carbonyl (C=O) groups is 2. The van der Waals surface area contributed by atoms with Gasteiger partial charge >= 0.3 is 0 Å². The van der Waals surface area contributed by atoms with Crippen molar-refractivity contribution in [2.75, 3.05) is 0 Å². The number of hydrogen-bond donors (Lipinski definition) is 1. The van der Waals surface area contributed by atoms with Gasteiger partial charge in [-0.05, 0) is 34.9 Å². The van der Waals surface area contributed by atoms with Gasteiger partial charge < -0.3 is 10.6 Å². The molecule has 3 heterocycles. The van der Waals surface area contributed by atoms with Crippen molar-refractivity contribution in [1.29, 1.82) is 0 Å². The molecule has 0 fully saturated rings. The highest BCUT2D eigenvalue weighted by molar-refractivity contribution is 6.09. The summed E-state index contributed by atoms with van der Waals surface area (Å²) in [6, 6.07) is 22.5. The minimum absolute atomic E-state index is 0.0217. The molecule has 3 aromatic carbocycles. The summed E-state index contributed by atoms with van der Waals surface area (Å²) in [4.78, 5) is 43.1. The van der Waals surface area contributed by atoms with Crippen LogP contribution in [0.15, 0.2) is 96.4 Å². The van der Waals surface area contributed by atoms with Crippen molar-refractivity contribution >= 4 is 17.8 Å². The van der Waals surface area contributed by atoms with E-state index in [4.69, 9.17) is 5.73 Å².